The van der Waals surface area contributed by atoms with Crippen LogP contribution in [-0.2, 0) is 9.59 Å². The second-order valence-electron chi connectivity index (χ2n) is 11.6. The van der Waals surface area contributed by atoms with Crippen LogP contribution < -0.4 is 4.90 Å². The number of para-hydroxylation sites is 2. The molecule has 3 saturated heterocycles. The van der Waals surface area contributed by atoms with Gasteiger partial charge in [-0.2, -0.15) is 0 Å². The molecule has 4 aliphatic rings. The molecule has 4 atom stereocenters. The van der Waals surface area contributed by atoms with E-state index in [0.717, 1.165) is 11.1 Å². The van der Waals surface area contributed by atoms with Gasteiger partial charge in [0.05, 0.1) is 29.4 Å². The summed E-state index contributed by atoms with van der Waals surface area (Å²) in [6, 6.07) is 36.5. The molecule has 0 aromatic heterocycles. The predicted octanol–water partition coefficient (Wildman–Crippen LogP) is 5.91. The van der Waals surface area contributed by atoms with Gasteiger partial charge in [-0.15, -0.1) is 0 Å². The highest BCUT2D eigenvalue weighted by Gasteiger charge is 2.91. The van der Waals surface area contributed by atoms with Gasteiger partial charge in [0.2, 0.25) is 5.91 Å². The number of carbonyl (C=O) groups is 3. The minimum atomic E-state index is -1.52. The van der Waals surface area contributed by atoms with Crippen molar-refractivity contribution in [2.75, 3.05) is 11.4 Å². The molecule has 7 heteroatoms. The summed E-state index contributed by atoms with van der Waals surface area (Å²) in [5, 5.41) is 10.9. The number of piperazine rings is 1. The number of amides is 3. The number of hydrogen-bond acceptors (Lipinski definition) is 3. The van der Waals surface area contributed by atoms with Crippen LogP contribution in [0.25, 0.3) is 0 Å². The van der Waals surface area contributed by atoms with Gasteiger partial charge >= 0.3 is 12.0 Å². The lowest BCUT2D eigenvalue weighted by molar-refractivity contribution is -0.153. The molecule has 0 spiro atoms. The number of anilines is 2. The number of urea groups is 1. The van der Waals surface area contributed by atoms with Crippen molar-refractivity contribution in [2.45, 2.75) is 36.9 Å². The Morgan fingerprint density at radius 2 is 1.21 bits per heavy atom. The molecule has 7 nitrogen and oxygen atoms in total. The van der Waals surface area contributed by atoms with Crippen molar-refractivity contribution in [3.8, 4) is 0 Å². The minimum Gasteiger partial charge on any atom is -0.479 e. The van der Waals surface area contributed by atoms with E-state index in [1.807, 2.05) is 128 Å². The molecular weight excluding hydrogens is 526 g/mol. The molecular formula is C35H31N3O4. The van der Waals surface area contributed by atoms with Crippen LogP contribution in [0.3, 0.4) is 0 Å². The van der Waals surface area contributed by atoms with Crippen LogP contribution in [0.2, 0.25) is 0 Å². The zero-order valence-electron chi connectivity index (χ0n) is 23.2. The quantitative estimate of drug-likeness (QED) is 0.320. The molecule has 1 aliphatic carbocycles. The average molecular weight is 558 g/mol. The smallest absolute Gasteiger partial charge is 0.332 e. The first-order valence-electron chi connectivity index (χ1n) is 14.3. The molecule has 0 radical (unpaired) electrons. The molecule has 3 aliphatic heterocycles. The molecule has 4 bridgehead atoms. The Kier molecular flexibility index (Phi) is 5.94. The molecule has 3 heterocycles. The normalized spacial score (nSPS) is 25.3. The number of benzene rings is 4. The number of carboxylic acids is 1. The summed E-state index contributed by atoms with van der Waals surface area (Å²) in [5.74, 6) is -1.77. The first-order chi connectivity index (χ1) is 20.4. The number of nitrogens with zero attached hydrogens (tertiary/aromatic N) is 3. The molecule has 3 amide bonds. The van der Waals surface area contributed by atoms with Gasteiger partial charge in [0.15, 0.2) is 5.54 Å². The summed E-state index contributed by atoms with van der Waals surface area (Å²) in [4.78, 5) is 47.3. The average Bonchev–Trinajstić information content (AvgIpc) is 3.48. The first kappa shape index (κ1) is 26.0. The largest absolute Gasteiger partial charge is 0.479 e. The summed E-state index contributed by atoms with van der Waals surface area (Å²) in [6.45, 7) is 2.07. The number of carboxylic acid groups (broad SMARTS) is 1. The zero-order chi connectivity index (χ0) is 29.1. The fraction of sp³-hybridized carbons (Fsp3) is 0.229. The first-order valence-corrected chi connectivity index (χ1v) is 14.3. The van der Waals surface area contributed by atoms with E-state index in [1.165, 1.54) is 4.90 Å². The molecule has 42 heavy (non-hydrogen) atoms. The van der Waals surface area contributed by atoms with Crippen molar-refractivity contribution in [2.24, 2.45) is 5.41 Å². The summed E-state index contributed by atoms with van der Waals surface area (Å²) in [5.41, 5.74) is 0.734. The Balaban J connectivity index is 1.29. The van der Waals surface area contributed by atoms with E-state index < -0.39 is 34.9 Å². The van der Waals surface area contributed by atoms with Gasteiger partial charge in [0.25, 0.3) is 0 Å². The third-order valence-corrected chi connectivity index (χ3v) is 9.48. The maximum atomic E-state index is 14.6. The van der Waals surface area contributed by atoms with Crippen molar-refractivity contribution < 1.29 is 19.5 Å². The SMILES string of the molecule is CC12C[C@H]3CN(C(=O)N(c4ccccc4)c4ccccc4)[C@@]1(C(=O)O)[C@@H]2N3C(=O)C(c1ccccc1)c1ccccc1. The number of fused-ring (bicyclic) bond motifs is 1. The van der Waals surface area contributed by atoms with Crippen LogP contribution >= 0.6 is 0 Å². The fourth-order valence-electron chi connectivity index (χ4n) is 7.75. The predicted molar refractivity (Wildman–Crippen MR) is 159 cm³/mol. The molecule has 1 N–H and O–H groups in total. The Bertz CT molecular complexity index is 1570. The maximum absolute atomic E-state index is 14.6. The summed E-state index contributed by atoms with van der Waals surface area (Å²) in [7, 11) is 0. The van der Waals surface area contributed by atoms with Crippen molar-refractivity contribution in [3.63, 3.8) is 0 Å². The Morgan fingerprint density at radius 3 is 1.67 bits per heavy atom. The maximum Gasteiger partial charge on any atom is 0.332 e. The number of hydrogen-bond donors (Lipinski definition) is 1. The number of rotatable bonds is 6. The molecule has 1 saturated carbocycles. The second-order valence-corrected chi connectivity index (χ2v) is 11.6. The zero-order valence-corrected chi connectivity index (χ0v) is 23.2. The topological polar surface area (TPSA) is 81.2 Å². The third kappa shape index (κ3) is 3.56. The lowest BCUT2D eigenvalue weighted by Crippen LogP contribution is -2.67. The van der Waals surface area contributed by atoms with Gasteiger partial charge in [0, 0.05) is 12.0 Å². The minimum absolute atomic E-state index is 0.121. The standard InChI is InChI=1S/C35H31N3O4/c1-34-22-28-23-36(33(42)37(26-18-10-4-11-19-26)27-20-12-5-13-21-27)35(34,32(40)41)31(34)38(28)30(39)29(24-14-6-2-7-15-24)25-16-8-3-9-17-25/h2-21,28-29,31H,22-23H2,1H3,(H,40,41)/t28-,31+,34?,35+/m0/s1. The number of aliphatic carboxylic acids is 1. The lowest BCUT2D eigenvalue weighted by atomic mass is 9.86. The van der Waals surface area contributed by atoms with Gasteiger partial charge < -0.3 is 14.9 Å². The second kappa shape index (κ2) is 9.58. The van der Waals surface area contributed by atoms with E-state index in [1.54, 1.807) is 9.80 Å². The molecule has 8 rings (SSSR count). The van der Waals surface area contributed by atoms with E-state index in [0.29, 0.717) is 17.8 Å². The van der Waals surface area contributed by atoms with Crippen molar-refractivity contribution in [1.82, 2.24) is 9.80 Å². The Labute approximate surface area is 244 Å². The molecule has 1 unspecified atom stereocenters. The highest BCUT2D eigenvalue weighted by Crippen LogP contribution is 2.73. The van der Waals surface area contributed by atoms with Crippen molar-refractivity contribution in [1.29, 1.82) is 0 Å². The monoisotopic (exact) mass is 557 g/mol. The molecule has 4 aromatic rings. The van der Waals surface area contributed by atoms with E-state index in [2.05, 4.69) is 0 Å². The Hall–Kier alpha value is -4.91. The van der Waals surface area contributed by atoms with Crippen LogP contribution in [0.15, 0.2) is 121 Å². The molecule has 210 valence electrons. The fourth-order valence-corrected chi connectivity index (χ4v) is 7.75. The van der Waals surface area contributed by atoms with Crippen LogP contribution in [0.5, 0.6) is 0 Å². The summed E-state index contributed by atoms with van der Waals surface area (Å²) < 4.78 is 0. The van der Waals surface area contributed by atoms with Crippen LogP contribution in [-0.4, -0.2) is 57.0 Å². The van der Waals surface area contributed by atoms with Crippen LogP contribution in [0.1, 0.15) is 30.4 Å². The number of piperidine rings is 2. The van der Waals surface area contributed by atoms with Crippen LogP contribution in [0.4, 0.5) is 16.2 Å². The number of carbonyl (C=O) groups excluding carboxylic acids is 2. The van der Waals surface area contributed by atoms with E-state index in [4.69, 9.17) is 0 Å². The summed E-state index contributed by atoms with van der Waals surface area (Å²) in [6.07, 6.45) is 0.534. The Morgan fingerprint density at radius 1 is 0.762 bits per heavy atom. The lowest BCUT2D eigenvalue weighted by Gasteiger charge is -2.48. The van der Waals surface area contributed by atoms with Crippen molar-refractivity contribution >= 4 is 29.3 Å². The van der Waals surface area contributed by atoms with Gasteiger partial charge in [-0.3, -0.25) is 9.69 Å². The van der Waals surface area contributed by atoms with E-state index in [9.17, 15) is 19.5 Å². The highest BCUT2D eigenvalue weighted by molar-refractivity contribution is 6.05. The molecule has 4 aromatic carbocycles. The van der Waals surface area contributed by atoms with Crippen molar-refractivity contribution in [3.05, 3.63) is 132 Å². The summed E-state index contributed by atoms with van der Waals surface area (Å²) >= 11 is 0. The third-order valence-electron chi connectivity index (χ3n) is 9.48. The van der Waals surface area contributed by atoms with Gasteiger partial charge in [-0.1, -0.05) is 104 Å². The van der Waals surface area contributed by atoms with E-state index >= 15 is 0 Å². The van der Waals surface area contributed by atoms with Gasteiger partial charge in [0.1, 0.15) is 0 Å². The molecule has 4 fully saturated rings. The van der Waals surface area contributed by atoms with Gasteiger partial charge in [-0.25, -0.2) is 9.59 Å². The van der Waals surface area contributed by atoms with E-state index in [-0.39, 0.29) is 18.5 Å². The van der Waals surface area contributed by atoms with Gasteiger partial charge in [-0.05, 0) is 41.8 Å². The van der Waals surface area contributed by atoms with Crippen LogP contribution in [0, 0.1) is 5.41 Å². The highest BCUT2D eigenvalue weighted by atomic mass is 16.4.